The van der Waals surface area contributed by atoms with Gasteiger partial charge in [0.15, 0.2) is 11.5 Å². The molecule has 1 aliphatic rings. The normalized spacial score (nSPS) is 11.9. The van der Waals surface area contributed by atoms with E-state index in [4.69, 9.17) is 9.47 Å². The molecule has 2 N–H and O–H groups in total. The molecule has 6 nitrogen and oxygen atoms in total. The molecule has 1 aromatic heterocycles. The topological polar surface area (TPSA) is 72.5 Å². The van der Waals surface area contributed by atoms with Gasteiger partial charge in [-0.1, -0.05) is 6.07 Å². The third-order valence-corrected chi connectivity index (χ3v) is 4.14. The van der Waals surface area contributed by atoms with Gasteiger partial charge in [-0.2, -0.15) is 0 Å². The van der Waals surface area contributed by atoms with Crippen molar-refractivity contribution in [2.75, 3.05) is 17.4 Å². The Morgan fingerprint density at radius 3 is 2.48 bits per heavy atom. The molecule has 4 rings (SSSR count). The number of hydrogen-bond acceptors (Lipinski definition) is 5. The number of fused-ring (bicyclic) bond motifs is 1. The molecule has 27 heavy (non-hydrogen) atoms. The van der Waals surface area contributed by atoms with Crippen molar-refractivity contribution in [3.63, 3.8) is 0 Å². The Labute approximate surface area is 157 Å². The molecule has 0 fully saturated rings. The molecule has 1 amide bonds. The molecule has 3 aromatic rings. The first kappa shape index (κ1) is 16.9. The minimum absolute atomic E-state index is 0.207. The van der Waals surface area contributed by atoms with Crippen molar-refractivity contribution >= 4 is 23.0 Å². The minimum atomic E-state index is -0.207. The van der Waals surface area contributed by atoms with Gasteiger partial charge in [-0.25, -0.2) is 0 Å². The maximum absolute atomic E-state index is 12.6. The Kier molecular flexibility index (Phi) is 4.38. The number of aromatic nitrogens is 1. The van der Waals surface area contributed by atoms with E-state index in [1.165, 1.54) is 0 Å². The van der Waals surface area contributed by atoms with Gasteiger partial charge in [-0.3, -0.25) is 9.78 Å². The predicted octanol–water partition coefficient (Wildman–Crippen LogP) is 4.42. The summed E-state index contributed by atoms with van der Waals surface area (Å²) in [5, 5.41) is 6.15. The number of aryl methyl sites for hydroxylation is 2. The lowest BCUT2D eigenvalue weighted by atomic mass is 10.1. The zero-order chi connectivity index (χ0) is 18.8. The van der Waals surface area contributed by atoms with E-state index in [2.05, 4.69) is 21.7 Å². The summed E-state index contributed by atoms with van der Waals surface area (Å²) in [6.45, 7) is 4.23. The molecule has 0 radical (unpaired) electrons. The Morgan fingerprint density at radius 2 is 1.67 bits per heavy atom. The number of ether oxygens (including phenoxy) is 2. The van der Waals surface area contributed by atoms with Gasteiger partial charge in [-0.15, -0.1) is 0 Å². The highest BCUT2D eigenvalue weighted by Crippen LogP contribution is 2.35. The molecular formula is C21H19N3O3. The third-order valence-electron chi connectivity index (χ3n) is 4.14. The van der Waals surface area contributed by atoms with E-state index < -0.39 is 0 Å². The van der Waals surface area contributed by atoms with Gasteiger partial charge in [0, 0.05) is 23.6 Å². The van der Waals surface area contributed by atoms with E-state index in [9.17, 15) is 4.79 Å². The van der Waals surface area contributed by atoms with Crippen LogP contribution in [-0.2, 0) is 0 Å². The maximum atomic E-state index is 12.6. The van der Waals surface area contributed by atoms with Crippen molar-refractivity contribution in [1.82, 2.24) is 4.98 Å². The molecule has 0 saturated heterocycles. The first-order chi connectivity index (χ1) is 13.1. The Balaban J connectivity index is 1.50. The van der Waals surface area contributed by atoms with Crippen LogP contribution >= 0.6 is 0 Å². The second-order valence-corrected chi connectivity index (χ2v) is 6.49. The second kappa shape index (κ2) is 6.99. The number of nitrogens with zero attached hydrogens (tertiary/aromatic N) is 1. The summed E-state index contributed by atoms with van der Waals surface area (Å²) in [7, 11) is 0. The number of hydrogen-bond donors (Lipinski definition) is 2. The lowest BCUT2D eigenvalue weighted by Gasteiger charge is -2.10. The van der Waals surface area contributed by atoms with Crippen molar-refractivity contribution < 1.29 is 14.3 Å². The fraction of sp³-hybridized carbons (Fsp3) is 0.143. The number of carbonyl (C=O) groups is 1. The molecule has 2 heterocycles. The van der Waals surface area contributed by atoms with Crippen LogP contribution in [0.2, 0.25) is 0 Å². The van der Waals surface area contributed by atoms with Crippen molar-refractivity contribution in [2.24, 2.45) is 0 Å². The molecule has 0 unspecified atom stereocenters. The van der Waals surface area contributed by atoms with Crippen LogP contribution in [0.25, 0.3) is 0 Å². The number of benzene rings is 2. The third kappa shape index (κ3) is 3.84. The highest BCUT2D eigenvalue weighted by Gasteiger charge is 2.14. The highest BCUT2D eigenvalue weighted by molar-refractivity contribution is 6.04. The van der Waals surface area contributed by atoms with Gasteiger partial charge in [0.1, 0.15) is 0 Å². The highest BCUT2D eigenvalue weighted by atomic mass is 16.7. The molecule has 1 aliphatic heterocycles. The van der Waals surface area contributed by atoms with Gasteiger partial charge in [0.05, 0.1) is 17.4 Å². The predicted molar refractivity (Wildman–Crippen MR) is 104 cm³/mol. The first-order valence-electron chi connectivity index (χ1n) is 8.58. The fourth-order valence-corrected chi connectivity index (χ4v) is 3.02. The number of amides is 1. The molecule has 0 atom stereocenters. The van der Waals surface area contributed by atoms with Gasteiger partial charge >= 0.3 is 0 Å². The fourth-order valence-electron chi connectivity index (χ4n) is 3.02. The molecule has 136 valence electrons. The maximum Gasteiger partial charge on any atom is 0.257 e. The Bertz CT molecular complexity index is 997. The monoisotopic (exact) mass is 361 g/mol. The Hall–Kier alpha value is -3.54. The summed E-state index contributed by atoms with van der Waals surface area (Å²) in [4.78, 5) is 16.8. The summed E-state index contributed by atoms with van der Waals surface area (Å²) < 4.78 is 10.7. The largest absolute Gasteiger partial charge is 0.454 e. The van der Waals surface area contributed by atoms with Crippen LogP contribution in [0.15, 0.2) is 54.9 Å². The molecule has 0 spiro atoms. The van der Waals surface area contributed by atoms with Crippen molar-refractivity contribution in [2.45, 2.75) is 13.8 Å². The summed E-state index contributed by atoms with van der Waals surface area (Å²) in [5.41, 5.74) is 4.98. The average Bonchev–Trinajstić information content (AvgIpc) is 3.09. The van der Waals surface area contributed by atoms with Crippen LogP contribution in [-0.4, -0.2) is 17.7 Å². The molecule has 6 heteroatoms. The zero-order valence-corrected chi connectivity index (χ0v) is 15.1. The smallest absolute Gasteiger partial charge is 0.257 e. The van der Waals surface area contributed by atoms with Crippen LogP contribution in [0, 0.1) is 13.8 Å². The standard InChI is InChI=1S/C21H19N3O3/c1-13-5-14(2)7-17(6-13)24-21(25)15-8-18(11-22-10-15)23-16-3-4-19-20(9-16)27-12-26-19/h3-11,23H,12H2,1-2H3,(H,24,25). The van der Waals surface area contributed by atoms with E-state index in [0.29, 0.717) is 17.0 Å². The van der Waals surface area contributed by atoms with E-state index in [1.807, 2.05) is 44.2 Å². The van der Waals surface area contributed by atoms with Crippen molar-refractivity contribution in [3.8, 4) is 11.5 Å². The number of nitrogens with one attached hydrogen (secondary N) is 2. The second-order valence-electron chi connectivity index (χ2n) is 6.49. The number of anilines is 3. The molecule has 2 aromatic carbocycles. The lowest BCUT2D eigenvalue weighted by Crippen LogP contribution is -2.12. The summed E-state index contributed by atoms with van der Waals surface area (Å²) in [6, 6.07) is 13.3. The van der Waals surface area contributed by atoms with Gasteiger partial charge in [-0.05, 0) is 55.3 Å². The summed E-state index contributed by atoms with van der Waals surface area (Å²) in [6.07, 6.45) is 3.21. The van der Waals surface area contributed by atoms with E-state index in [1.54, 1.807) is 18.5 Å². The number of rotatable bonds is 4. The lowest BCUT2D eigenvalue weighted by molar-refractivity contribution is 0.102. The molecule has 0 saturated carbocycles. The van der Waals surface area contributed by atoms with Gasteiger partial charge in [0.2, 0.25) is 6.79 Å². The quantitative estimate of drug-likeness (QED) is 0.719. The van der Waals surface area contributed by atoms with Crippen LogP contribution < -0.4 is 20.1 Å². The van der Waals surface area contributed by atoms with E-state index >= 15 is 0 Å². The van der Waals surface area contributed by atoms with Crippen LogP contribution in [0.3, 0.4) is 0 Å². The van der Waals surface area contributed by atoms with Crippen LogP contribution in [0.1, 0.15) is 21.5 Å². The van der Waals surface area contributed by atoms with Gasteiger partial charge in [0.25, 0.3) is 5.91 Å². The minimum Gasteiger partial charge on any atom is -0.454 e. The Morgan fingerprint density at radius 1 is 0.889 bits per heavy atom. The molecular weight excluding hydrogens is 342 g/mol. The van der Waals surface area contributed by atoms with Crippen molar-refractivity contribution in [1.29, 1.82) is 0 Å². The molecule has 0 aliphatic carbocycles. The first-order valence-corrected chi connectivity index (χ1v) is 8.58. The SMILES string of the molecule is Cc1cc(C)cc(NC(=O)c2cncc(Nc3ccc4c(c3)OCO4)c2)c1. The van der Waals surface area contributed by atoms with E-state index in [-0.39, 0.29) is 12.7 Å². The van der Waals surface area contributed by atoms with Crippen molar-refractivity contribution in [3.05, 3.63) is 71.5 Å². The number of pyridine rings is 1. The van der Waals surface area contributed by atoms with Crippen LogP contribution in [0.4, 0.5) is 17.1 Å². The van der Waals surface area contributed by atoms with E-state index in [0.717, 1.165) is 28.3 Å². The van der Waals surface area contributed by atoms with Crippen LogP contribution in [0.5, 0.6) is 11.5 Å². The average molecular weight is 361 g/mol. The zero-order valence-electron chi connectivity index (χ0n) is 15.1. The number of carbonyl (C=O) groups excluding carboxylic acids is 1. The molecule has 0 bridgehead atoms. The summed E-state index contributed by atoms with van der Waals surface area (Å²) >= 11 is 0. The van der Waals surface area contributed by atoms with Gasteiger partial charge < -0.3 is 20.1 Å². The summed E-state index contributed by atoms with van der Waals surface area (Å²) in [5.74, 6) is 1.21.